The van der Waals surface area contributed by atoms with E-state index < -0.39 is 0 Å². The molecule has 0 aromatic heterocycles. The molecular formula is C33H37ClN2O4. The van der Waals surface area contributed by atoms with E-state index >= 15 is 0 Å². The first-order valence-corrected chi connectivity index (χ1v) is 14.3. The van der Waals surface area contributed by atoms with Gasteiger partial charge in [0.05, 0.1) is 12.1 Å². The fourth-order valence-corrected chi connectivity index (χ4v) is 5.30. The van der Waals surface area contributed by atoms with Crippen LogP contribution in [0.1, 0.15) is 41.5 Å². The third-order valence-electron chi connectivity index (χ3n) is 7.57. The summed E-state index contributed by atoms with van der Waals surface area (Å²) in [4.78, 5) is 15.9. The number of methoxy groups -OCH3 is 1. The number of halogens is 1. The van der Waals surface area contributed by atoms with Crippen molar-refractivity contribution in [3.05, 3.63) is 93.5 Å². The molecule has 1 fully saturated rings. The Morgan fingerprint density at radius 3 is 2.48 bits per heavy atom. The van der Waals surface area contributed by atoms with Crippen molar-refractivity contribution < 1.29 is 19.0 Å². The van der Waals surface area contributed by atoms with E-state index in [0.29, 0.717) is 43.1 Å². The maximum Gasteiger partial charge on any atom is 0.251 e. The van der Waals surface area contributed by atoms with Crippen LogP contribution in [0.2, 0.25) is 5.02 Å². The fourth-order valence-electron chi connectivity index (χ4n) is 5.03. The summed E-state index contributed by atoms with van der Waals surface area (Å²) in [5, 5.41) is 4.02. The highest BCUT2D eigenvalue weighted by atomic mass is 35.5. The van der Waals surface area contributed by atoms with Crippen LogP contribution in [-0.4, -0.2) is 50.3 Å². The third-order valence-corrected chi connectivity index (χ3v) is 7.87. The van der Waals surface area contributed by atoms with Crippen molar-refractivity contribution in [3.63, 3.8) is 0 Å². The third kappa shape index (κ3) is 6.80. The topological polar surface area (TPSA) is 60.0 Å². The van der Waals surface area contributed by atoms with Gasteiger partial charge in [-0.1, -0.05) is 35.9 Å². The van der Waals surface area contributed by atoms with E-state index in [9.17, 15) is 4.79 Å². The number of hydrogen-bond donors (Lipinski definition) is 1. The summed E-state index contributed by atoms with van der Waals surface area (Å²) in [6.45, 7) is 6.87. The molecule has 2 aliphatic rings. The van der Waals surface area contributed by atoms with E-state index in [1.54, 1.807) is 7.11 Å². The molecule has 1 N–H and O–H groups in total. The van der Waals surface area contributed by atoms with E-state index in [-0.39, 0.29) is 5.91 Å². The van der Waals surface area contributed by atoms with Crippen molar-refractivity contribution in [2.45, 2.75) is 45.7 Å². The van der Waals surface area contributed by atoms with Crippen LogP contribution in [0.15, 0.2) is 66.2 Å². The molecule has 0 atom stereocenters. The smallest absolute Gasteiger partial charge is 0.251 e. The molecule has 1 saturated carbocycles. The number of rotatable bonds is 11. The molecule has 1 heterocycles. The zero-order valence-electron chi connectivity index (χ0n) is 23.5. The molecule has 3 aromatic carbocycles. The lowest BCUT2D eigenvalue weighted by Gasteiger charge is -2.28. The van der Waals surface area contributed by atoms with Gasteiger partial charge in [0.25, 0.3) is 5.91 Å². The summed E-state index contributed by atoms with van der Waals surface area (Å²) < 4.78 is 17.1. The largest absolute Gasteiger partial charge is 0.497 e. The number of nitrogens with zero attached hydrogens (tertiary/aromatic N) is 1. The first kappa shape index (κ1) is 28.1. The van der Waals surface area contributed by atoms with Crippen LogP contribution in [0.5, 0.6) is 17.2 Å². The Labute approximate surface area is 241 Å². The van der Waals surface area contributed by atoms with Crippen LogP contribution in [-0.2, 0) is 11.3 Å². The molecule has 0 saturated heterocycles. The number of ether oxygens (including phenoxy) is 3. The van der Waals surface area contributed by atoms with Gasteiger partial charge in [0.15, 0.2) is 0 Å². The van der Waals surface area contributed by atoms with Gasteiger partial charge in [-0.3, -0.25) is 4.79 Å². The number of benzene rings is 3. The average molecular weight is 561 g/mol. The second-order valence-corrected chi connectivity index (χ2v) is 10.9. The molecule has 40 heavy (non-hydrogen) atoms. The maximum absolute atomic E-state index is 13.9. The number of carbonyl (C=O) groups is 1. The Morgan fingerprint density at radius 2 is 1.73 bits per heavy atom. The Hall–Kier alpha value is -3.48. The molecule has 1 amide bonds. The lowest BCUT2D eigenvalue weighted by Crippen LogP contribution is -2.39. The highest BCUT2D eigenvalue weighted by Crippen LogP contribution is 2.34. The zero-order chi connectivity index (χ0) is 28.1. The molecule has 3 aromatic rings. The van der Waals surface area contributed by atoms with Gasteiger partial charge in [-0.05, 0) is 104 Å². The van der Waals surface area contributed by atoms with E-state index in [1.165, 1.54) is 0 Å². The molecule has 0 spiro atoms. The number of carbonyl (C=O) groups excluding carboxylic acids is 1. The fraction of sp³-hybridized carbons (Fsp3) is 0.364. The molecule has 1 aliphatic carbocycles. The monoisotopic (exact) mass is 560 g/mol. The maximum atomic E-state index is 13.9. The molecule has 1 aliphatic heterocycles. The van der Waals surface area contributed by atoms with Crippen LogP contribution in [0.3, 0.4) is 0 Å². The van der Waals surface area contributed by atoms with Gasteiger partial charge in [-0.25, -0.2) is 0 Å². The molecular weight excluding hydrogens is 524 g/mol. The number of nitrogens with one attached hydrogen (secondary N) is 1. The van der Waals surface area contributed by atoms with Crippen molar-refractivity contribution >= 4 is 23.1 Å². The van der Waals surface area contributed by atoms with E-state index in [4.69, 9.17) is 25.8 Å². The number of aryl methyl sites for hydroxylation is 2. The standard InChI is InChI=1S/C33H37ClN2O4/c1-22-17-31(34)32(18-23(22)2)40-16-15-39-27-11-7-25(8-12-27)29-13-14-35-20-30(29)33(37)36(26-9-10-26)21-24-5-4-6-28(19-24)38-3/h4-8,11-12,17-19,26,35H,9-10,13-16,20-21H2,1-3H3. The van der Waals surface area contributed by atoms with Gasteiger partial charge in [0.1, 0.15) is 30.5 Å². The van der Waals surface area contributed by atoms with Crippen LogP contribution >= 0.6 is 11.6 Å². The van der Waals surface area contributed by atoms with Crippen LogP contribution in [0, 0.1) is 13.8 Å². The van der Waals surface area contributed by atoms with Gasteiger partial charge >= 0.3 is 0 Å². The van der Waals surface area contributed by atoms with Crippen molar-refractivity contribution in [1.29, 1.82) is 0 Å². The summed E-state index contributed by atoms with van der Waals surface area (Å²) in [7, 11) is 1.67. The summed E-state index contributed by atoms with van der Waals surface area (Å²) in [5.41, 5.74) is 6.39. The Morgan fingerprint density at radius 1 is 0.975 bits per heavy atom. The molecule has 0 radical (unpaired) electrons. The Balaban J connectivity index is 1.24. The van der Waals surface area contributed by atoms with Crippen molar-refractivity contribution in [2.24, 2.45) is 0 Å². The second kappa shape index (κ2) is 12.8. The van der Waals surface area contributed by atoms with Crippen molar-refractivity contribution in [2.75, 3.05) is 33.4 Å². The summed E-state index contributed by atoms with van der Waals surface area (Å²) >= 11 is 6.31. The van der Waals surface area contributed by atoms with E-state index in [2.05, 4.69) is 11.4 Å². The van der Waals surface area contributed by atoms with Crippen LogP contribution < -0.4 is 19.5 Å². The van der Waals surface area contributed by atoms with Crippen molar-refractivity contribution in [3.8, 4) is 17.2 Å². The van der Waals surface area contributed by atoms with Crippen molar-refractivity contribution in [1.82, 2.24) is 10.2 Å². The molecule has 7 heteroatoms. The van der Waals surface area contributed by atoms with Gasteiger partial charge in [0, 0.05) is 24.7 Å². The minimum atomic E-state index is 0.120. The summed E-state index contributed by atoms with van der Waals surface area (Å²) in [5.74, 6) is 2.36. The lowest BCUT2D eigenvalue weighted by molar-refractivity contribution is -0.128. The lowest BCUT2D eigenvalue weighted by atomic mass is 9.93. The SMILES string of the molecule is COc1cccc(CN(C(=O)C2=C(c3ccc(OCCOc4cc(C)c(C)cc4Cl)cc3)CCNC2)C2CC2)c1. The normalized spacial score (nSPS) is 15.1. The van der Waals surface area contributed by atoms with Crippen LogP contribution in [0.4, 0.5) is 0 Å². The Kier molecular flexibility index (Phi) is 8.98. The molecule has 6 nitrogen and oxygen atoms in total. The first-order valence-electron chi connectivity index (χ1n) is 13.9. The average Bonchev–Trinajstić information content (AvgIpc) is 3.82. The molecule has 0 bridgehead atoms. The van der Waals surface area contributed by atoms with Crippen LogP contribution in [0.25, 0.3) is 5.57 Å². The highest BCUT2D eigenvalue weighted by molar-refractivity contribution is 6.32. The number of amides is 1. The minimum absolute atomic E-state index is 0.120. The van der Waals surface area contributed by atoms with Gasteiger partial charge in [-0.15, -0.1) is 0 Å². The minimum Gasteiger partial charge on any atom is -0.497 e. The van der Waals surface area contributed by atoms with Gasteiger partial charge in [0.2, 0.25) is 0 Å². The molecule has 0 unspecified atom stereocenters. The van der Waals surface area contributed by atoms with Gasteiger partial charge < -0.3 is 24.4 Å². The summed E-state index contributed by atoms with van der Waals surface area (Å²) in [6, 6.07) is 20.2. The predicted octanol–water partition coefficient (Wildman–Crippen LogP) is 6.36. The highest BCUT2D eigenvalue weighted by Gasteiger charge is 2.35. The molecule has 210 valence electrons. The first-order chi connectivity index (χ1) is 19.4. The zero-order valence-corrected chi connectivity index (χ0v) is 24.2. The van der Waals surface area contributed by atoms with E-state index in [1.807, 2.05) is 73.3 Å². The predicted molar refractivity (Wildman–Crippen MR) is 159 cm³/mol. The number of hydrogen-bond acceptors (Lipinski definition) is 5. The second-order valence-electron chi connectivity index (χ2n) is 10.5. The Bertz CT molecular complexity index is 1380. The molecule has 5 rings (SSSR count). The van der Waals surface area contributed by atoms with Gasteiger partial charge in [-0.2, -0.15) is 0 Å². The quantitative estimate of drug-likeness (QED) is 0.276. The van der Waals surface area contributed by atoms with E-state index in [0.717, 1.165) is 70.7 Å². The summed E-state index contributed by atoms with van der Waals surface area (Å²) in [6.07, 6.45) is 2.91.